The molecule has 0 aliphatic carbocycles. The fourth-order valence-corrected chi connectivity index (χ4v) is 2.21. The van der Waals surface area contributed by atoms with E-state index < -0.39 is 0 Å². The van der Waals surface area contributed by atoms with Crippen LogP contribution in [0.25, 0.3) is 0 Å². The lowest BCUT2D eigenvalue weighted by atomic mass is 10.1. The summed E-state index contributed by atoms with van der Waals surface area (Å²) in [4.78, 5) is 11.7. The standard InChI is InChI=1S/C11H20N2O2/c14-11(10-5-3-6-12-10)13-8-9-4-1-2-7-15-9/h9-10,12H,1-8H2,(H,13,14)/t9?,10-/m0/s1. The fourth-order valence-electron chi connectivity index (χ4n) is 2.21. The normalized spacial score (nSPS) is 31.5. The van der Waals surface area contributed by atoms with E-state index in [1.165, 1.54) is 6.42 Å². The minimum atomic E-state index is 0.0357. The van der Waals surface area contributed by atoms with Crippen LogP contribution < -0.4 is 10.6 Å². The van der Waals surface area contributed by atoms with Crippen LogP contribution in [-0.4, -0.2) is 37.7 Å². The van der Waals surface area contributed by atoms with Crippen LogP contribution in [0.3, 0.4) is 0 Å². The van der Waals surface area contributed by atoms with Crippen molar-refractivity contribution in [2.45, 2.75) is 44.2 Å². The summed E-state index contributed by atoms with van der Waals surface area (Å²) in [6, 6.07) is 0.0357. The van der Waals surface area contributed by atoms with Gasteiger partial charge in [-0.15, -0.1) is 0 Å². The maximum Gasteiger partial charge on any atom is 0.237 e. The largest absolute Gasteiger partial charge is 0.376 e. The third-order valence-electron chi connectivity index (χ3n) is 3.15. The third kappa shape index (κ3) is 3.18. The molecule has 0 saturated carbocycles. The third-order valence-corrected chi connectivity index (χ3v) is 3.15. The van der Waals surface area contributed by atoms with E-state index in [0.717, 1.165) is 38.8 Å². The van der Waals surface area contributed by atoms with Gasteiger partial charge >= 0.3 is 0 Å². The average Bonchev–Trinajstić information content (AvgIpc) is 2.81. The molecule has 0 aromatic carbocycles. The van der Waals surface area contributed by atoms with Gasteiger partial charge in [0, 0.05) is 13.2 Å². The van der Waals surface area contributed by atoms with Gasteiger partial charge in [0.25, 0.3) is 0 Å². The van der Waals surface area contributed by atoms with Gasteiger partial charge in [0.05, 0.1) is 12.1 Å². The van der Waals surface area contributed by atoms with E-state index >= 15 is 0 Å². The minimum absolute atomic E-state index is 0.0357. The van der Waals surface area contributed by atoms with Gasteiger partial charge < -0.3 is 15.4 Å². The molecule has 0 bridgehead atoms. The molecule has 0 radical (unpaired) electrons. The first kappa shape index (κ1) is 10.9. The van der Waals surface area contributed by atoms with Crippen molar-refractivity contribution in [3.05, 3.63) is 0 Å². The Hall–Kier alpha value is -0.610. The highest BCUT2D eigenvalue weighted by Gasteiger charge is 2.23. The molecule has 2 fully saturated rings. The van der Waals surface area contributed by atoms with Crippen molar-refractivity contribution in [3.63, 3.8) is 0 Å². The highest BCUT2D eigenvalue weighted by atomic mass is 16.5. The zero-order valence-electron chi connectivity index (χ0n) is 9.13. The van der Waals surface area contributed by atoms with Crippen LogP contribution in [0.15, 0.2) is 0 Å². The van der Waals surface area contributed by atoms with Crippen LogP contribution in [0.1, 0.15) is 32.1 Å². The molecule has 2 rings (SSSR count). The monoisotopic (exact) mass is 212 g/mol. The lowest BCUT2D eigenvalue weighted by molar-refractivity contribution is -0.123. The molecule has 2 heterocycles. The van der Waals surface area contributed by atoms with Gasteiger partial charge in [0.2, 0.25) is 5.91 Å². The molecule has 0 aromatic heterocycles. The predicted molar refractivity (Wildman–Crippen MR) is 57.6 cm³/mol. The summed E-state index contributed by atoms with van der Waals surface area (Å²) >= 11 is 0. The molecule has 0 aromatic rings. The quantitative estimate of drug-likeness (QED) is 0.713. The van der Waals surface area contributed by atoms with Crippen molar-refractivity contribution in [3.8, 4) is 0 Å². The Kier molecular flexibility index (Phi) is 3.97. The van der Waals surface area contributed by atoms with Crippen LogP contribution in [0, 0.1) is 0 Å². The minimum Gasteiger partial charge on any atom is -0.376 e. The second kappa shape index (κ2) is 5.47. The predicted octanol–water partition coefficient (Wildman–Crippen LogP) is 0.424. The van der Waals surface area contributed by atoms with E-state index in [4.69, 9.17) is 4.74 Å². The summed E-state index contributed by atoms with van der Waals surface area (Å²) in [6.07, 6.45) is 5.79. The summed E-state index contributed by atoms with van der Waals surface area (Å²) in [5, 5.41) is 6.16. The van der Waals surface area contributed by atoms with E-state index in [0.29, 0.717) is 6.54 Å². The van der Waals surface area contributed by atoms with E-state index in [1.807, 2.05) is 0 Å². The van der Waals surface area contributed by atoms with Crippen molar-refractivity contribution < 1.29 is 9.53 Å². The van der Waals surface area contributed by atoms with Crippen LogP contribution in [-0.2, 0) is 9.53 Å². The lowest BCUT2D eigenvalue weighted by Gasteiger charge is -2.23. The number of carbonyl (C=O) groups is 1. The maximum absolute atomic E-state index is 11.7. The highest BCUT2D eigenvalue weighted by molar-refractivity contribution is 5.81. The topological polar surface area (TPSA) is 50.4 Å². The first-order valence-corrected chi connectivity index (χ1v) is 5.99. The van der Waals surface area contributed by atoms with Crippen LogP contribution >= 0.6 is 0 Å². The number of ether oxygens (including phenoxy) is 1. The Morgan fingerprint density at radius 3 is 2.93 bits per heavy atom. The van der Waals surface area contributed by atoms with Crippen molar-refractivity contribution >= 4 is 5.91 Å². The van der Waals surface area contributed by atoms with E-state index in [9.17, 15) is 4.79 Å². The number of hydrogen-bond donors (Lipinski definition) is 2. The first-order chi connectivity index (χ1) is 7.36. The van der Waals surface area contributed by atoms with Crippen LogP contribution in [0.4, 0.5) is 0 Å². The van der Waals surface area contributed by atoms with Gasteiger partial charge in [0.15, 0.2) is 0 Å². The van der Waals surface area contributed by atoms with Crippen LogP contribution in [0.5, 0.6) is 0 Å². The molecule has 2 aliphatic heterocycles. The van der Waals surface area contributed by atoms with Gasteiger partial charge in [0.1, 0.15) is 0 Å². The first-order valence-electron chi connectivity index (χ1n) is 5.99. The molecule has 2 aliphatic rings. The molecule has 2 atom stereocenters. The van der Waals surface area contributed by atoms with Gasteiger partial charge in [-0.1, -0.05) is 0 Å². The van der Waals surface area contributed by atoms with Crippen molar-refractivity contribution in [2.24, 2.45) is 0 Å². The Balaban J connectivity index is 1.65. The smallest absolute Gasteiger partial charge is 0.237 e. The second-order valence-corrected chi connectivity index (χ2v) is 4.38. The molecule has 1 amide bonds. The fraction of sp³-hybridized carbons (Fsp3) is 0.909. The number of rotatable bonds is 3. The molecule has 15 heavy (non-hydrogen) atoms. The molecule has 2 N–H and O–H groups in total. The Labute approximate surface area is 90.8 Å². The van der Waals surface area contributed by atoms with E-state index in [-0.39, 0.29) is 18.1 Å². The Bertz CT molecular complexity index is 209. The molecule has 2 saturated heterocycles. The second-order valence-electron chi connectivity index (χ2n) is 4.38. The van der Waals surface area contributed by atoms with Crippen molar-refractivity contribution in [2.75, 3.05) is 19.7 Å². The Morgan fingerprint density at radius 2 is 2.27 bits per heavy atom. The van der Waals surface area contributed by atoms with E-state index in [2.05, 4.69) is 10.6 Å². The molecule has 1 unspecified atom stereocenters. The zero-order chi connectivity index (χ0) is 10.5. The molecule has 4 nitrogen and oxygen atoms in total. The van der Waals surface area contributed by atoms with Gasteiger partial charge in [-0.05, 0) is 38.6 Å². The summed E-state index contributed by atoms with van der Waals surface area (Å²) in [7, 11) is 0. The molecular weight excluding hydrogens is 192 g/mol. The lowest BCUT2D eigenvalue weighted by Crippen LogP contribution is -2.44. The number of nitrogens with one attached hydrogen (secondary N) is 2. The van der Waals surface area contributed by atoms with Gasteiger partial charge in [-0.25, -0.2) is 0 Å². The molecular formula is C11H20N2O2. The average molecular weight is 212 g/mol. The van der Waals surface area contributed by atoms with Crippen LogP contribution in [0.2, 0.25) is 0 Å². The number of hydrogen-bond acceptors (Lipinski definition) is 3. The highest BCUT2D eigenvalue weighted by Crippen LogP contribution is 2.12. The van der Waals surface area contributed by atoms with Gasteiger partial charge in [-0.3, -0.25) is 4.79 Å². The number of carbonyl (C=O) groups excluding carboxylic acids is 1. The molecule has 86 valence electrons. The number of amides is 1. The van der Waals surface area contributed by atoms with E-state index in [1.54, 1.807) is 0 Å². The molecule has 4 heteroatoms. The maximum atomic E-state index is 11.7. The summed E-state index contributed by atoms with van der Waals surface area (Å²) < 4.78 is 5.56. The summed E-state index contributed by atoms with van der Waals surface area (Å²) in [5.41, 5.74) is 0. The SMILES string of the molecule is O=C(NCC1CCCCO1)[C@@H]1CCCN1. The summed E-state index contributed by atoms with van der Waals surface area (Å²) in [5.74, 6) is 0.140. The Morgan fingerprint density at radius 1 is 1.33 bits per heavy atom. The van der Waals surface area contributed by atoms with Gasteiger partial charge in [-0.2, -0.15) is 0 Å². The molecule has 0 spiro atoms. The van der Waals surface area contributed by atoms with Crippen molar-refractivity contribution in [1.82, 2.24) is 10.6 Å². The zero-order valence-corrected chi connectivity index (χ0v) is 9.13. The summed E-state index contributed by atoms with van der Waals surface area (Å²) in [6.45, 7) is 2.50. The van der Waals surface area contributed by atoms with Crippen molar-refractivity contribution in [1.29, 1.82) is 0 Å².